The monoisotopic (exact) mass is 237 g/mol. The van der Waals surface area contributed by atoms with Gasteiger partial charge < -0.3 is 0 Å². The number of rotatable bonds is 1. The van der Waals surface area contributed by atoms with Gasteiger partial charge in [-0.3, -0.25) is 0 Å². The Morgan fingerprint density at radius 1 is 1.50 bits per heavy atom. The van der Waals surface area contributed by atoms with E-state index in [1.165, 1.54) is 0 Å². The average Bonchev–Trinajstić information content (AvgIpc) is 2.33. The van der Waals surface area contributed by atoms with Crippen molar-refractivity contribution >= 4 is 11.6 Å². The van der Waals surface area contributed by atoms with Crippen molar-refractivity contribution in [3.05, 3.63) is 35.2 Å². The Morgan fingerprint density at radius 2 is 2.31 bits per heavy atom. The van der Waals surface area contributed by atoms with Crippen LogP contribution >= 0.6 is 11.6 Å². The van der Waals surface area contributed by atoms with Crippen molar-refractivity contribution < 1.29 is 4.39 Å². The van der Waals surface area contributed by atoms with Gasteiger partial charge in [0.2, 0.25) is 0 Å². The summed E-state index contributed by atoms with van der Waals surface area (Å²) < 4.78 is 13.9. The smallest absolute Gasteiger partial charge is 0.122 e. The van der Waals surface area contributed by atoms with Gasteiger partial charge in [-0.1, -0.05) is 18.2 Å². The summed E-state index contributed by atoms with van der Waals surface area (Å²) in [6.45, 7) is 0. The Morgan fingerprint density at radius 3 is 3.06 bits per heavy atom. The fraction of sp³-hybridized carbons (Fsp3) is 0.462. The molecule has 2 aliphatic carbocycles. The molecule has 0 saturated heterocycles. The van der Waals surface area contributed by atoms with Gasteiger partial charge in [0.25, 0.3) is 0 Å². The van der Waals surface area contributed by atoms with E-state index in [9.17, 15) is 4.39 Å². The number of halogens is 2. The molecule has 0 aliphatic heterocycles. The Balaban J connectivity index is 2.34. The molecule has 2 rings (SSSR count). The average molecular weight is 238 g/mol. The number of nitrogens with zero attached hydrogens (tertiary/aromatic N) is 1. The molecular weight excluding hydrogens is 225 g/mol. The Bertz CT molecular complexity index is 414. The van der Waals surface area contributed by atoms with Crippen LogP contribution in [0.15, 0.2) is 35.2 Å². The van der Waals surface area contributed by atoms with Gasteiger partial charge in [-0.2, -0.15) is 5.26 Å². The van der Waals surface area contributed by atoms with Crippen molar-refractivity contribution in [3.8, 4) is 6.07 Å². The molecule has 0 heterocycles. The Kier molecular flexibility index (Phi) is 3.46. The van der Waals surface area contributed by atoms with E-state index in [1.807, 2.05) is 12.2 Å². The van der Waals surface area contributed by atoms with Crippen molar-refractivity contribution in [2.24, 2.45) is 5.92 Å². The van der Waals surface area contributed by atoms with E-state index < -0.39 is 5.38 Å². The molecule has 0 radical (unpaired) electrons. The van der Waals surface area contributed by atoms with Crippen molar-refractivity contribution in [2.75, 3.05) is 0 Å². The summed E-state index contributed by atoms with van der Waals surface area (Å²) in [5.41, 5.74) is 1.30. The normalized spacial score (nSPS) is 29.9. The molecule has 84 valence electrons. The number of nitriles is 1. The number of hydrogen-bond donors (Lipinski definition) is 0. The predicted octanol–water partition coefficient (Wildman–Crippen LogP) is 4.03. The molecule has 0 amide bonds. The summed E-state index contributed by atoms with van der Waals surface area (Å²) in [6.07, 6.45) is 8.90. The van der Waals surface area contributed by atoms with Crippen LogP contribution in [0.3, 0.4) is 0 Å². The van der Waals surface area contributed by atoms with Crippen LogP contribution in [0.4, 0.5) is 4.39 Å². The van der Waals surface area contributed by atoms with Crippen LogP contribution in [-0.2, 0) is 0 Å². The van der Waals surface area contributed by atoms with Gasteiger partial charge in [0, 0.05) is 11.5 Å². The second kappa shape index (κ2) is 4.84. The van der Waals surface area contributed by atoms with Crippen LogP contribution in [0.5, 0.6) is 0 Å². The van der Waals surface area contributed by atoms with E-state index in [-0.39, 0.29) is 11.7 Å². The molecule has 0 aromatic rings. The summed E-state index contributed by atoms with van der Waals surface area (Å²) in [5.74, 6) is -0.339. The zero-order chi connectivity index (χ0) is 11.5. The van der Waals surface area contributed by atoms with Gasteiger partial charge in [0.1, 0.15) is 5.83 Å². The minimum absolute atomic E-state index is 0.0865. The highest BCUT2D eigenvalue weighted by Gasteiger charge is 2.27. The second-order valence-corrected chi connectivity index (χ2v) is 4.69. The summed E-state index contributed by atoms with van der Waals surface area (Å²) in [6, 6.07) is 2.17. The maximum Gasteiger partial charge on any atom is 0.122 e. The van der Waals surface area contributed by atoms with E-state index >= 15 is 0 Å². The summed E-state index contributed by atoms with van der Waals surface area (Å²) in [4.78, 5) is 0. The molecule has 0 bridgehead atoms. The highest BCUT2D eigenvalue weighted by Crippen LogP contribution is 2.37. The molecule has 1 nitrogen and oxygen atoms in total. The van der Waals surface area contributed by atoms with Crippen molar-refractivity contribution in [1.29, 1.82) is 5.26 Å². The molecule has 0 spiro atoms. The molecule has 0 aromatic heterocycles. The second-order valence-electron chi connectivity index (χ2n) is 4.16. The zero-order valence-electron chi connectivity index (χ0n) is 8.92. The van der Waals surface area contributed by atoms with Gasteiger partial charge in [-0.15, -0.1) is 11.6 Å². The highest BCUT2D eigenvalue weighted by atomic mass is 35.5. The molecule has 2 aliphatic rings. The van der Waals surface area contributed by atoms with E-state index in [0.717, 1.165) is 19.3 Å². The van der Waals surface area contributed by atoms with Crippen molar-refractivity contribution in [3.63, 3.8) is 0 Å². The zero-order valence-corrected chi connectivity index (χ0v) is 9.67. The first-order valence-electron chi connectivity index (χ1n) is 5.54. The SMILES string of the molecule is N#CC1=CCCCC1C1=C(F)C(Cl)CC=C1. The largest absolute Gasteiger partial charge is 0.210 e. The van der Waals surface area contributed by atoms with E-state index in [0.29, 0.717) is 17.6 Å². The molecule has 0 N–H and O–H groups in total. The summed E-state index contributed by atoms with van der Waals surface area (Å²) in [5, 5.41) is 8.47. The summed E-state index contributed by atoms with van der Waals surface area (Å²) >= 11 is 5.89. The maximum absolute atomic E-state index is 13.9. The molecule has 0 fully saturated rings. The molecule has 2 unspecified atom stereocenters. The number of alkyl halides is 1. The van der Waals surface area contributed by atoms with Crippen LogP contribution in [0.25, 0.3) is 0 Å². The van der Waals surface area contributed by atoms with Gasteiger partial charge in [-0.05, 0) is 31.3 Å². The maximum atomic E-state index is 13.9. The van der Waals surface area contributed by atoms with Crippen molar-refractivity contribution in [2.45, 2.75) is 31.1 Å². The minimum Gasteiger partial charge on any atom is -0.210 e. The third-order valence-corrected chi connectivity index (χ3v) is 3.50. The standard InChI is InChI=1S/C13H13ClFN/c14-12-7-3-6-11(13(12)15)10-5-2-1-4-9(10)8-16/h3-4,6,10,12H,1-2,5,7H2. The fourth-order valence-electron chi connectivity index (χ4n) is 2.28. The lowest BCUT2D eigenvalue weighted by Crippen LogP contribution is -2.15. The Labute approximate surface area is 99.9 Å². The first-order chi connectivity index (χ1) is 7.74. The van der Waals surface area contributed by atoms with Gasteiger partial charge in [0.05, 0.1) is 11.4 Å². The number of hydrogen-bond acceptors (Lipinski definition) is 1. The lowest BCUT2D eigenvalue weighted by atomic mass is 9.80. The highest BCUT2D eigenvalue weighted by molar-refractivity contribution is 6.22. The molecule has 2 atom stereocenters. The van der Waals surface area contributed by atoms with E-state index in [2.05, 4.69) is 6.07 Å². The lowest BCUT2D eigenvalue weighted by molar-refractivity contribution is 0.528. The van der Waals surface area contributed by atoms with E-state index in [1.54, 1.807) is 6.08 Å². The van der Waals surface area contributed by atoms with Crippen LogP contribution in [0.2, 0.25) is 0 Å². The first-order valence-corrected chi connectivity index (χ1v) is 5.98. The van der Waals surface area contributed by atoms with Crippen molar-refractivity contribution in [1.82, 2.24) is 0 Å². The van der Waals surface area contributed by atoms with Crippen LogP contribution in [-0.4, -0.2) is 5.38 Å². The molecule has 16 heavy (non-hydrogen) atoms. The van der Waals surface area contributed by atoms with Crippen LogP contribution < -0.4 is 0 Å². The topological polar surface area (TPSA) is 23.8 Å². The minimum atomic E-state index is -0.554. The van der Waals surface area contributed by atoms with E-state index in [4.69, 9.17) is 16.9 Å². The van der Waals surface area contributed by atoms with Crippen LogP contribution in [0, 0.1) is 17.2 Å². The lowest BCUT2D eigenvalue weighted by Gasteiger charge is -2.24. The molecule has 0 aromatic carbocycles. The predicted molar refractivity (Wildman–Crippen MR) is 62.6 cm³/mol. The van der Waals surface area contributed by atoms with Gasteiger partial charge in [0.15, 0.2) is 0 Å². The fourth-order valence-corrected chi connectivity index (χ4v) is 2.51. The van der Waals surface area contributed by atoms with Gasteiger partial charge >= 0.3 is 0 Å². The quantitative estimate of drug-likeness (QED) is 0.632. The third kappa shape index (κ3) is 2.05. The van der Waals surface area contributed by atoms with Crippen LogP contribution in [0.1, 0.15) is 25.7 Å². The molecule has 3 heteroatoms. The first kappa shape index (κ1) is 11.4. The molecule has 0 saturated carbocycles. The van der Waals surface area contributed by atoms with Gasteiger partial charge in [-0.25, -0.2) is 4.39 Å². The molecular formula is C13H13ClFN. The number of allylic oxidation sites excluding steroid dienone is 6. The summed E-state index contributed by atoms with van der Waals surface area (Å²) in [7, 11) is 0. The third-order valence-electron chi connectivity index (χ3n) is 3.13. The Hall–Kier alpha value is -1.07.